The van der Waals surface area contributed by atoms with E-state index in [1.54, 1.807) is 0 Å². The third-order valence-corrected chi connectivity index (χ3v) is 10.9. The van der Waals surface area contributed by atoms with Crippen molar-refractivity contribution < 1.29 is 4.74 Å². The lowest BCUT2D eigenvalue weighted by molar-refractivity contribution is 0.108. The van der Waals surface area contributed by atoms with Crippen molar-refractivity contribution >= 4 is 39.2 Å². The summed E-state index contributed by atoms with van der Waals surface area (Å²) in [5.74, 6) is 0.893. The molecule has 2 aromatic carbocycles. The van der Waals surface area contributed by atoms with Gasteiger partial charge in [-0.3, -0.25) is 10.00 Å². The lowest BCUT2D eigenvalue weighted by atomic mass is 9.93. The third kappa shape index (κ3) is 4.06. The number of hydrogen-bond donors (Lipinski definition) is 2. The van der Waals surface area contributed by atoms with Crippen molar-refractivity contribution in [3.8, 4) is 17.1 Å². The van der Waals surface area contributed by atoms with Crippen LogP contribution in [0.1, 0.15) is 49.7 Å². The molecule has 8 rings (SSSR count). The first kappa shape index (κ1) is 26.4. The molecule has 4 aliphatic heterocycles. The molecule has 2 aromatic heterocycles. The molecular formula is C33H38ClN7O. The molecule has 2 atom stereocenters. The van der Waals surface area contributed by atoms with Crippen LogP contribution >= 0.6 is 11.6 Å². The van der Waals surface area contributed by atoms with Gasteiger partial charge in [0.1, 0.15) is 12.4 Å². The van der Waals surface area contributed by atoms with E-state index in [9.17, 15) is 0 Å². The van der Waals surface area contributed by atoms with Gasteiger partial charge in [0.25, 0.3) is 0 Å². The summed E-state index contributed by atoms with van der Waals surface area (Å²) in [4.78, 5) is 15.2. The summed E-state index contributed by atoms with van der Waals surface area (Å²) in [6.07, 6.45) is 11.0. The lowest BCUT2D eigenvalue weighted by Crippen LogP contribution is -2.58. The second-order valence-corrected chi connectivity index (χ2v) is 13.4. The predicted octanol–water partition coefficient (Wildman–Crippen LogP) is 5.95. The van der Waals surface area contributed by atoms with E-state index in [0.29, 0.717) is 23.7 Å². The first-order valence-electron chi connectivity index (χ1n) is 15.4. The maximum Gasteiger partial charge on any atom is 0.319 e. The minimum absolute atomic E-state index is 0.107. The molecule has 6 heterocycles. The largest absolute Gasteiger partial charge is 0.461 e. The molecule has 4 aliphatic rings. The van der Waals surface area contributed by atoms with Crippen molar-refractivity contribution in [1.29, 1.82) is 0 Å². The minimum Gasteiger partial charge on any atom is -0.461 e. The molecule has 0 spiro atoms. The van der Waals surface area contributed by atoms with Crippen LogP contribution in [-0.4, -0.2) is 75.0 Å². The number of ether oxygens (including phenoxy) is 1. The van der Waals surface area contributed by atoms with Crippen molar-refractivity contribution in [2.45, 2.75) is 69.5 Å². The van der Waals surface area contributed by atoms with Gasteiger partial charge in [-0.1, -0.05) is 17.7 Å². The van der Waals surface area contributed by atoms with Crippen LogP contribution in [0.3, 0.4) is 0 Å². The number of rotatable bonds is 6. The van der Waals surface area contributed by atoms with Gasteiger partial charge in [0.05, 0.1) is 28.3 Å². The molecule has 0 aliphatic carbocycles. The summed E-state index contributed by atoms with van der Waals surface area (Å²) in [6, 6.07) is 7.17. The Morgan fingerprint density at radius 3 is 2.76 bits per heavy atom. The smallest absolute Gasteiger partial charge is 0.319 e. The Bertz CT molecular complexity index is 1720. The zero-order valence-corrected chi connectivity index (χ0v) is 25.2. The monoisotopic (exact) mass is 583 g/mol. The van der Waals surface area contributed by atoms with E-state index in [1.807, 2.05) is 6.20 Å². The first-order valence-corrected chi connectivity index (χ1v) is 15.7. The number of aromatic nitrogens is 4. The molecule has 9 heteroatoms. The number of fused-ring (bicyclic) bond motifs is 5. The van der Waals surface area contributed by atoms with Gasteiger partial charge in [-0.15, -0.1) is 6.58 Å². The van der Waals surface area contributed by atoms with Crippen LogP contribution in [0, 0.1) is 13.8 Å². The molecule has 4 saturated heterocycles. The number of nitrogens with zero attached hydrogens (tertiary/aromatic N) is 5. The van der Waals surface area contributed by atoms with Crippen LogP contribution in [0.15, 0.2) is 37.1 Å². The van der Waals surface area contributed by atoms with Crippen molar-refractivity contribution in [3.05, 3.63) is 53.2 Å². The van der Waals surface area contributed by atoms with Gasteiger partial charge < -0.3 is 15.0 Å². The SMILES string of the molecule is C=CC12CCC(CN(c3nc(OCC45CCCN4CCC5)nc4cc(-c5c(C)c(C)cc6[nH]ncc56)c(Cl)cc34)C1)N2. The second-order valence-electron chi connectivity index (χ2n) is 13.0. The van der Waals surface area contributed by atoms with Crippen LogP contribution in [0.4, 0.5) is 5.82 Å². The first-order chi connectivity index (χ1) is 20.4. The van der Waals surface area contributed by atoms with Crippen LogP contribution in [0.5, 0.6) is 6.01 Å². The zero-order valence-electron chi connectivity index (χ0n) is 24.5. The van der Waals surface area contributed by atoms with Gasteiger partial charge in [0, 0.05) is 40.5 Å². The number of aryl methyl sites for hydroxylation is 1. The highest BCUT2D eigenvalue weighted by Crippen LogP contribution is 2.43. The molecular weight excluding hydrogens is 546 g/mol. The minimum atomic E-state index is -0.107. The van der Waals surface area contributed by atoms with Gasteiger partial charge >= 0.3 is 6.01 Å². The van der Waals surface area contributed by atoms with Crippen LogP contribution in [-0.2, 0) is 0 Å². The molecule has 42 heavy (non-hydrogen) atoms. The van der Waals surface area contributed by atoms with Crippen molar-refractivity contribution in [2.24, 2.45) is 0 Å². The molecule has 0 saturated carbocycles. The summed E-state index contributed by atoms with van der Waals surface area (Å²) in [6.45, 7) is 13.1. The maximum atomic E-state index is 7.14. The maximum absolute atomic E-state index is 7.14. The molecule has 218 valence electrons. The summed E-state index contributed by atoms with van der Waals surface area (Å²) < 4.78 is 6.56. The second kappa shape index (κ2) is 9.66. The average molecular weight is 584 g/mol. The quantitative estimate of drug-likeness (QED) is 0.272. The standard InChI is InChI=1S/C33H38ClN7O/c1-4-32-10-7-22(38-32)17-40(18-32)30-24-14-26(34)23(29-21(3)20(2)13-28-25(29)16-35-39-28)15-27(24)36-31(37-30)42-19-33-8-5-11-41(33)12-6-9-33/h4,13-16,22,38H,1,5-12,17-19H2,2-3H3,(H,35,39). The molecule has 0 radical (unpaired) electrons. The molecule has 4 fully saturated rings. The summed E-state index contributed by atoms with van der Waals surface area (Å²) >= 11 is 7.14. The molecule has 8 nitrogen and oxygen atoms in total. The van der Waals surface area contributed by atoms with E-state index in [2.05, 4.69) is 70.0 Å². The number of nitrogens with one attached hydrogen (secondary N) is 2. The Hall–Kier alpha value is -3.20. The zero-order chi connectivity index (χ0) is 28.6. The third-order valence-electron chi connectivity index (χ3n) is 10.6. The van der Waals surface area contributed by atoms with Gasteiger partial charge in [-0.25, -0.2) is 0 Å². The van der Waals surface area contributed by atoms with Crippen molar-refractivity contribution in [1.82, 2.24) is 30.4 Å². The highest BCUT2D eigenvalue weighted by molar-refractivity contribution is 6.35. The van der Waals surface area contributed by atoms with Crippen LogP contribution < -0.4 is 15.0 Å². The summed E-state index contributed by atoms with van der Waals surface area (Å²) in [5.41, 5.74) is 6.27. The molecule has 2 N–H and O–H groups in total. The van der Waals surface area contributed by atoms with E-state index >= 15 is 0 Å². The molecule has 2 bridgehead atoms. The summed E-state index contributed by atoms with van der Waals surface area (Å²) in [7, 11) is 0. The van der Waals surface area contributed by atoms with E-state index in [1.165, 1.54) is 49.9 Å². The Balaban J connectivity index is 1.27. The fourth-order valence-corrected chi connectivity index (χ4v) is 8.51. The average Bonchev–Trinajstić information content (AvgIpc) is 3.76. The number of benzene rings is 2. The number of anilines is 1. The van der Waals surface area contributed by atoms with Crippen molar-refractivity contribution in [2.75, 3.05) is 37.7 Å². The van der Waals surface area contributed by atoms with Gasteiger partial charge in [-0.2, -0.15) is 15.1 Å². The molecule has 4 aromatic rings. The lowest BCUT2D eigenvalue weighted by Gasteiger charge is -2.40. The van der Waals surface area contributed by atoms with E-state index in [4.69, 9.17) is 26.3 Å². The number of piperazine rings is 1. The van der Waals surface area contributed by atoms with Crippen molar-refractivity contribution in [3.63, 3.8) is 0 Å². The van der Waals surface area contributed by atoms with E-state index < -0.39 is 0 Å². The van der Waals surface area contributed by atoms with Crippen LogP contribution in [0.25, 0.3) is 32.9 Å². The van der Waals surface area contributed by atoms with Gasteiger partial charge in [0.15, 0.2) is 0 Å². The number of aromatic amines is 1. The summed E-state index contributed by atoms with van der Waals surface area (Å²) in [5, 5.41) is 14.0. The predicted molar refractivity (Wildman–Crippen MR) is 169 cm³/mol. The molecule has 2 unspecified atom stereocenters. The topological polar surface area (TPSA) is 82.2 Å². The Labute approximate surface area is 251 Å². The fourth-order valence-electron chi connectivity index (χ4n) is 8.25. The van der Waals surface area contributed by atoms with Gasteiger partial charge in [-0.05, 0) is 100 Å². The van der Waals surface area contributed by atoms with E-state index in [0.717, 1.165) is 64.7 Å². The Morgan fingerprint density at radius 2 is 1.95 bits per heavy atom. The van der Waals surface area contributed by atoms with Gasteiger partial charge in [0.2, 0.25) is 0 Å². The molecule has 0 amide bonds. The highest BCUT2D eigenvalue weighted by atomic mass is 35.5. The highest BCUT2D eigenvalue weighted by Gasteiger charge is 2.46. The Morgan fingerprint density at radius 1 is 1.12 bits per heavy atom. The number of hydrogen-bond acceptors (Lipinski definition) is 7. The Kier molecular flexibility index (Phi) is 6.08. The fraction of sp³-hybridized carbons (Fsp3) is 0.485. The number of H-pyrrole nitrogens is 1. The normalized spacial score (nSPS) is 25.0. The van der Waals surface area contributed by atoms with Crippen LogP contribution in [0.2, 0.25) is 5.02 Å². The van der Waals surface area contributed by atoms with E-state index in [-0.39, 0.29) is 11.1 Å². The number of halogens is 1.